The van der Waals surface area contributed by atoms with Gasteiger partial charge in [-0.2, -0.15) is 0 Å². The van der Waals surface area contributed by atoms with E-state index in [-0.39, 0.29) is 18.1 Å². The zero-order valence-electron chi connectivity index (χ0n) is 20.9. The first-order valence-corrected chi connectivity index (χ1v) is 12.7. The summed E-state index contributed by atoms with van der Waals surface area (Å²) in [5.41, 5.74) is 5.66. The summed E-state index contributed by atoms with van der Waals surface area (Å²) in [6.45, 7) is 5.49. The monoisotopic (exact) mass is 481 g/mol. The molecule has 1 saturated heterocycles. The lowest BCUT2D eigenvalue weighted by Crippen LogP contribution is -2.43. The van der Waals surface area contributed by atoms with Crippen LogP contribution in [0, 0.1) is 5.82 Å². The van der Waals surface area contributed by atoms with Gasteiger partial charge >= 0.3 is 0 Å². The number of nitrogens with zero attached hydrogens (tertiary/aromatic N) is 2. The fourth-order valence-corrected chi connectivity index (χ4v) is 5.16. The fourth-order valence-electron chi connectivity index (χ4n) is 5.16. The Morgan fingerprint density at radius 2 is 1.58 bits per heavy atom. The molecule has 1 aliphatic rings. The Bertz CT molecular complexity index is 1340. The predicted octanol–water partition coefficient (Wildman–Crippen LogP) is 6.99. The van der Waals surface area contributed by atoms with E-state index in [2.05, 4.69) is 36.2 Å². The number of hydrogen-bond acceptors (Lipinski definition) is 3. The minimum Gasteiger partial charge on any atom is -0.326 e. The van der Waals surface area contributed by atoms with Gasteiger partial charge in [0.25, 0.3) is 0 Å². The first-order chi connectivity index (χ1) is 17.4. The molecule has 36 heavy (non-hydrogen) atoms. The Labute approximate surface area is 212 Å². The van der Waals surface area contributed by atoms with Gasteiger partial charge in [-0.05, 0) is 79.8 Å². The Hall–Kier alpha value is -3.57. The molecular formula is C31H32FN3O. The summed E-state index contributed by atoms with van der Waals surface area (Å²) >= 11 is 0. The SMILES string of the molecule is C[C@@H]1CCC[C@H](C)N1Cc1ccc2cc(NC(=O)Cc3ccc(-c4ccc(F)cc4)cc3)ccc2n1. The van der Waals surface area contributed by atoms with Crippen molar-refractivity contribution < 1.29 is 9.18 Å². The number of likely N-dealkylation sites (tertiary alicyclic amines) is 1. The molecule has 3 aromatic carbocycles. The predicted molar refractivity (Wildman–Crippen MR) is 144 cm³/mol. The second-order valence-corrected chi connectivity index (χ2v) is 9.94. The third kappa shape index (κ3) is 5.63. The van der Waals surface area contributed by atoms with Crippen LogP contribution in [0.25, 0.3) is 22.0 Å². The molecule has 5 rings (SSSR count). The molecule has 2 atom stereocenters. The second kappa shape index (κ2) is 10.6. The number of carbonyl (C=O) groups is 1. The van der Waals surface area contributed by atoms with Crippen molar-refractivity contribution >= 4 is 22.5 Å². The van der Waals surface area contributed by atoms with Gasteiger partial charge in [0.15, 0.2) is 0 Å². The summed E-state index contributed by atoms with van der Waals surface area (Å²) in [7, 11) is 0. The minimum atomic E-state index is -0.251. The number of anilines is 1. The highest BCUT2D eigenvalue weighted by molar-refractivity contribution is 5.94. The smallest absolute Gasteiger partial charge is 0.228 e. The molecule has 0 aliphatic carbocycles. The molecule has 1 aliphatic heterocycles. The maximum Gasteiger partial charge on any atom is 0.228 e. The van der Waals surface area contributed by atoms with Crippen LogP contribution >= 0.6 is 0 Å². The molecule has 5 heteroatoms. The molecule has 0 spiro atoms. The molecule has 1 fully saturated rings. The standard InChI is InChI=1S/C31H32FN3O/c1-21-4-3-5-22(2)35(21)20-29-15-12-26-19-28(16-17-30(26)33-29)34-31(36)18-23-6-8-24(9-7-23)25-10-13-27(32)14-11-25/h6-17,19,21-22H,3-5,18,20H2,1-2H3,(H,34,36)/t21-,22+. The van der Waals surface area contributed by atoms with Gasteiger partial charge in [-0.1, -0.05) is 48.9 Å². The van der Waals surface area contributed by atoms with Crippen LogP contribution in [0.1, 0.15) is 44.4 Å². The van der Waals surface area contributed by atoms with E-state index in [1.807, 2.05) is 42.5 Å². The summed E-state index contributed by atoms with van der Waals surface area (Å²) in [5, 5.41) is 4.02. The number of fused-ring (bicyclic) bond motifs is 1. The van der Waals surface area contributed by atoms with Crippen LogP contribution in [0.5, 0.6) is 0 Å². The van der Waals surface area contributed by atoms with Gasteiger partial charge in [0.2, 0.25) is 5.91 Å². The Kier molecular flexibility index (Phi) is 7.10. The minimum absolute atomic E-state index is 0.0680. The molecule has 184 valence electrons. The number of rotatable bonds is 6. The van der Waals surface area contributed by atoms with Gasteiger partial charge in [-0.25, -0.2) is 4.39 Å². The maximum atomic E-state index is 13.2. The molecule has 0 unspecified atom stereocenters. The van der Waals surface area contributed by atoms with E-state index in [0.29, 0.717) is 12.1 Å². The lowest BCUT2D eigenvalue weighted by Gasteiger charge is -2.38. The quantitative estimate of drug-likeness (QED) is 0.323. The van der Waals surface area contributed by atoms with Crippen LogP contribution in [-0.2, 0) is 17.8 Å². The van der Waals surface area contributed by atoms with E-state index in [1.165, 1.54) is 31.4 Å². The van der Waals surface area contributed by atoms with Crippen LogP contribution in [0.2, 0.25) is 0 Å². The van der Waals surface area contributed by atoms with Crippen molar-refractivity contribution in [3.05, 3.63) is 95.9 Å². The summed E-state index contributed by atoms with van der Waals surface area (Å²) in [6.07, 6.45) is 4.09. The highest BCUT2D eigenvalue weighted by atomic mass is 19.1. The van der Waals surface area contributed by atoms with Gasteiger partial charge in [-0.15, -0.1) is 0 Å². The van der Waals surface area contributed by atoms with Crippen LogP contribution in [0.4, 0.5) is 10.1 Å². The number of benzene rings is 3. The number of nitrogens with one attached hydrogen (secondary N) is 1. The Morgan fingerprint density at radius 1 is 0.917 bits per heavy atom. The molecule has 1 aromatic heterocycles. The molecule has 1 amide bonds. The first-order valence-electron chi connectivity index (χ1n) is 12.7. The van der Waals surface area contributed by atoms with Crippen LogP contribution in [0.3, 0.4) is 0 Å². The van der Waals surface area contributed by atoms with Crippen molar-refractivity contribution in [1.82, 2.24) is 9.88 Å². The van der Waals surface area contributed by atoms with Gasteiger partial charge in [0, 0.05) is 29.7 Å². The molecule has 2 heterocycles. The third-order valence-corrected chi connectivity index (χ3v) is 7.25. The molecule has 4 aromatic rings. The third-order valence-electron chi connectivity index (χ3n) is 7.25. The largest absolute Gasteiger partial charge is 0.326 e. The molecule has 0 saturated carbocycles. The van der Waals surface area contributed by atoms with E-state index < -0.39 is 0 Å². The topological polar surface area (TPSA) is 45.2 Å². The van der Waals surface area contributed by atoms with E-state index >= 15 is 0 Å². The molecular weight excluding hydrogens is 449 g/mol. The number of amides is 1. The van der Waals surface area contributed by atoms with Crippen LogP contribution in [0.15, 0.2) is 78.9 Å². The number of aromatic nitrogens is 1. The summed E-state index contributed by atoms with van der Waals surface area (Å²) in [5.74, 6) is -0.319. The fraction of sp³-hybridized carbons (Fsp3) is 0.290. The van der Waals surface area contributed by atoms with Gasteiger partial charge in [-0.3, -0.25) is 14.7 Å². The van der Waals surface area contributed by atoms with Gasteiger partial charge in [0.1, 0.15) is 5.82 Å². The highest BCUT2D eigenvalue weighted by Crippen LogP contribution is 2.26. The van der Waals surface area contributed by atoms with Crippen molar-refractivity contribution in [2.75, 3.05) is 5.32 Å². The lowest BCUT2D eigenvalue weighted by molar-refractivity contribution is -0.115. The first kappa shape index (κ1) is 24.1. The Balaban J connectivity index is 1.21. The second-order valence-electron chi connectivity index (χ2n) is 9.94. The van der Waals surface area contributed by atoms with E-state index in [4.69, 9.17) is 4.98 Å². The highest BCUT2D eigenvalue weighted by Gasteiger charge is 2.24. The van der Waals surface area contributed by atoms with Crippen LogP contribution in [-0.4, -0.2) is 27.9 Å². The van der Waals surface area contributed by atoms with E-state index in [1.54, 1.807) is 12.1 Å². The van der Waals surface area contributed by atoms with Crippen LogP contribution < -0.4 is 5.32 Å². The van der Waals surface area contributed by atoms with Crippen molar-refractivity contribution in [2.24, 2.45) is 0 Å². The number of hydrogen-bond donors (Lipinski definition) is 1. The molecule has 0 bridgehead atoms. The molecule has 1 N–H and O–H groups in total. The van der Waals surface area contributed by atoms with Crippen molar-refractivity contribution in [3.8, 4) is 11.1 Å². The summed E-state index contributed by atoms with van der Waals surface area (Å²) in [6, 6.07) is 25.5. The number of piperidine rings is 1. The van der Waals surface area contributed by atoms with Gasteiger partial charge < -0.3 is 5.32 Å². The zero-order valence-corrected chi connectivity index (χ0v) is 20.9. The normalized spacial score (nSPS) is 18.3. The number of pyridine rings is 1. The maximum absolute atomic E-state index is 13.2. The zero-order chi connectivity index (χ0) is 25.1. The average molecular weight is 482 g/mol. The average Bonchev–Trinajstić information content (AvgIpc) is 2.87. The van der Waals surface area contributed by atoms with E-state index in [9.17, 15) is 9.18 Å². The van der Waals surface area contributed by atoms with E-state index in [0.717, 1.165) is 45.5 Å². The van der Waals surface area contributed by atoms with Crippen molar-refractivity contribution in [3.63, 3.8) is 0 Å². The summed E-state index contributed by atoms with van der Waals surface area (Å²) < 4.78 is 13.2. The lowest BCUT2D eigenvalue weighted by atomic mass is 9.97. The van der Waals surface area contributed by atoms with Crippen molar-refractivity contribution in [2.45, 2.75) is 58.2 Å². The number of halogens is 1. The number of carbonyl (C=O) groups excluding carboxylic acids is 1. The summed E-state index contributed by atoms with van der Waals surface area (Å²) in [4.78, 5) is 20.1. The Morgan fingerprint density at radius 3 is 2.28 bits per heavy atom. The van der Waals surface area contributed by atoms with Crippen molar-refractivity contribution in [1.29, 1.82) is 0 Å². The molecule has 0 radical (unpaired) electrons. The molecule has 4 nitrogen and oxygen atoms in total. The van der Waals surface area contributed by atoms with Gasteiger partial charge in [0.05, 0.1) is 17.6 Å².